The molecule has 0 radical (unpaired) electrons. The van der Waals surface area contributed by atoms with E-state index in [1.165, 1.54) is 4.90 Å². The van der Waals surface area contributed by atoms with E-state index in [4.69, 9.17) is 5.11 Å². The van der Waals surface area contributed by atoms with Crippen molar-refractivity contribution in [1.29, 1.82) is 0 Å². The van der Waals surface area contributed by atoms with Gasteiger partial charge in [-0.15, -0.1) is 0 Å². The lowest BCUT2D eigenvalue weighted by Gasteiger charge is -2.40. The fraction of sp³-hybridized carbons (Fsp3) is 1.00. The predicted octanol–water partition coefficient (Wildman–Crippen LogP) is 1.79. The fourth-order valence-electron chi connectivity index (χ4n) is 2.75. The summed E-state index contributed by atoms with van der Waals surface area (Å²) >= 11 is 0. The first kappa shape index (κ1) is 15.7. The van der Waals surface area contributed by atoms with Crippen LogP contribution in [-0.2, 0) is 0 Å². The molecule has 0 heterocycles. The molecular formula is C12H22F3NO2. The molecule has 2 N–H and O–H groups in total. The fourth-order valence-corrected chi connectivity index (χ4v) is 2.75. The molecule has 0 bridgehead atoms. The molecule has 1 aliphatic carbocycles. The number of nitrogens with zero attached hydrogens (tertiary/aromatic N) is 1. The minimum Gasteiger partial charge on any atom is -0.396 e. The Hall–Kier alpha value is -0.330. The number of rotatable bonds is 6. The van der Waals surface area contributed by atoms with Crippen molar-refractivity contribution in [1.82, 2.24) is 4.90 Å². The molecule has 0 aromatic carbocycles. The molecule has 0 spiro atoms. The van der Waals surface area contributed by atoms with Gasteiger partial charge in [0.05, 0.1) is 13.2 Å². The Kier molecular flexibility index (Phi) is 5.88. The average Bonchev–Trinajstić information content (AvgIpc) is 2.28. The summed E-state index contributed by atoms with van der Waals surface area (Å²) in [6, 6.07) is 0. The summed E-state index contributed by atoms with van der Waals surface area (Å²) in [5, 5.41) is 18.3. The van der Waals surface area contributed by atoms with Gasteiger partial charge in [0.15, 0.2) is 0 Å². The SMILES string of the molecule is OCCN(CC(F)(F)F)CC1(CO)CCCCC1. The maximum atomic E-state index is 12.4. The van der Waals surface area contributed by atoms with E-state index >= 15 is 0 Å². The van der Waals surface area contributed by atoms with Gasteiger partial charge in [-0.1, -0.05) is 19.3 Å². The predicted molar refractivity (Wildman–Crippen MR) is 62.2 cm³/mol. The Morgan fingerprint density at radius 1 is 1.06 bits per heavy atom. The van der Waals surface area contributed by atoms with Gasteiger partial charge in [-0.3, -0.25) is 4.90 Å². The highest BCUT2D eigenvalue weighted by molar-refractivity contribution is 4.86. The lowest BCUT2D eigenvalue weighted by molar-refractivity contribution is -0.152. The lowest BCUT2D eigenvalue weighted by atomic mass is 9.74. The summed E-state index contributed by atoms with van der Waals surface area (Å²) in [4.78, 5) is 1.21. The first-order chi connectivity index (χ1) is 8.41. The number of aliphatic hydroxyl groups is 2. The normalized spacial score (nSPS) is 20.3. The van der Waals surface area contributed by atoms with E-state index in [2.05, 4.69) is 0 Å². The highest BCUT2D eigenvalue weighted by Crippen LogP contribution is 2.37. The highest BCUT2D eigenvalue weighted by atomic mass is 19.4. The van der Waals surface area contributed by atoms with Gasteiger partial charge in [0, 0.05) is 25.1 Å². The summed E-state index contributed by atoms with van der Waals surface area (Å²) in [7, 11) is 0. The zero-order valence-electron chi connectivity index (χ0n) is 10.5. The van der Waals surface area contributed by atoms with E-state index < -0.39 is 18.1 Å². The van der Waals surface area contributed by atoms with Crippen LogP contribution in [0.1, 0.15) is 32.1 Å². The molecule has 108 valence electrons. The molecule has 1 rings (SSSR count). The van der Waals surface area contributed by atoms with Crippen LogP contribution in [0.4, 0.5) is 13.2 Å². The van der Waals surface area contributed by atoms with Crippen molar-refractivity contribution >= 4 is 0 Å². The molecule has 6 heteroatoms. The number of halogens is 3. The lowest BCUT2D eigenvalue weighted by Crippen LogP contribution is -2.46. The Morgan fingerprint density at radius 2 is 1.67 bits per heavy atom. The van der Waals surface area contributed by atoms with Crippen LogP contribution in [0.2, 0.25) is 0 Å². The van der Waals surface area contributed by atoms with Crippen LogP contribution in [0.15, 0.2) is 0 Å². The summed E-state index contributed by atoms with van der Waals surface area (Å²) in [6.45, 7) is -1.18. The van der Waals surface area contributed by atoms with Crippen LogP contribution < -0.4 is 0 Å². The Balaban J connectivity index is 2.62. The third-order valence-corrected chi connectivity index (χ3v) is 3.63. The van der Waals surface area contributed by atoms with Gasteiger partial charge in [0.25, 0.3) is 0 Å². The first-order valence-electron chi connectivity index (χ1n) is 6.42. The van der Waals surface area contributed by atoms with Crippen molar-refractivity contribution in [3.8, 4) is 0 Å². The molecule has 0 unspecified atom stereocenters. The van der Waals surface area contributed by atoms with Crippen LogP contribution in [0, 0.1) is 5.41 Å². The van der Waals surface area contributed by atoms with Gasteiger partial charge in [0.1, 0.15) is 0 Å². The number of hydrogen-bond donors (Lipinski definition) is 2. The van der Waals surface area contributed by atoms with Crippen molar-refractivity contribution in [2.75, 3.05) is 32.8 Å². The highest BCUT2D eigenvalue weighted by Gasteiger charge is 2.37. The van der Waals surface area contributed by atoms with E-state index in [0.29, 0.717) is 0 Å². The topological polar surface area (TPSA) is 43.7 Å². The number of alkyl halides is 3. The van der Waals surface area contributed by atoms with Crippen molar-refractivity contribution < 1.29 is 23.4 Å². The molecule has 1 fully saturated rings. The molecule has 18 heavy (non-hydrogen) atoms. The minimum absolute atomic E-state index is 0.00125. The monoisotopic (exact) mass is 269 g/mol. The van der Waals surface area contributed by atoms with Crippen molar-refractivity contribution in [2.24, 2.45) is 5.41 Å². The van der Waals surface area contributed by atoms with Crippen LogP contribution in [-0.4, -0.2) is 54.1 Å². The van der Waals surface area contributed by atoms with Crippen LogP contribution in [0.25, 0.3) is 0 Å². The summed E-state index contributed by atoms with van der Waals surface area (Å²) in [5.74, 6) is 0. The zero-order valence-corrected chi connectivity index (χ0v) is 10.5. The summed E-state index contributed by atoms with van der Waals surface area (Å²) in [6.07, 6.45) is 0.271. The molecular weight excluding hydrogens is 247 g/mol. The molecule has 0 saturated heterocycles. The van der Waals surface area contributed by atoms with Crippen molar-refractivity contribution in [3.05, 3.63) is 0 Å². The third-order valence-electron chi connectivity index (χ3n) is 3.63. The van der Waals surface area contributed by atoms with Crippen molar-refractivity contribution in [3.63, 3.8) is 0 Å². The van der Waals surface area contributed by atoms with E-state index in [-0.39, 0.29) is 26.3 Å². The Labute approximate surface area is 106 Å². The molecule has 3 nitrogen and oxygen atoms in total. The van der Waals surface area contributed by atoms with E-state index in [9.17, 15) is 18.3 Å². The Bertz CT molecular complexity index is 240. The summed E-state index contributed by atoms with van der Waals surface area (Å²) < 4.78 is 37.3. The molecule has 1 saturated carbocycles. The number of hydrogen-bond acceptors (Lipinski definition) is 3. The molecule has 0 aliphatic heterocycles. The van der Waals surface area contributed by atoms with Gasteiger partial charge in [-0.05, 0) is 12.8 Å². The second-order valence-electron chi connectivity index (χ2n) is 5.27. The minimum atomic E-state index is -4.26. The van der Waals surface area contributed by atoms with Crippen LogP contribution in [0.5, 0.6) is 0 Å². The second kappa shape index (κ2) is 6.73. The average molecular weight is 269 g/mol. The van der Waals surface area contributed by atoms with Gasteiger partial charge in [0.2, 0.25) is 0 Å². The molecule has 1 aliphatic rings. The number of aliphatic hydroxyl groups excluding tert-OH is 2. The maximum Gasteiger partial charge on any atom is 0.401 e. The van der Waals surface area contributed by atoms with Crippen LogP contribution in [0.3, 0.4) is 0 Å². The van der Waals surface area contributed by atoms with Gasteiger partial charge >= 0.3 is 6.18 Å². The second-order valence-corrected chi connectivity index (χ2v) is 5.27. The molecule has 0 aromatic heterocycles. The van der Waals surface area contributed by atoms with Crippen molar-refractivity contribution in [2.45, 2.75) is 38.3 Å². The zero-order chi connectivity index (χ0) is 13.6. The molecule has 0 aromatic rings. The van der Waals surface area contributed by atoms with Gasteiger partial charge in [-0.25, -0.2) is 0 Å². The van der Waals surface area contributed by atoms with E-state index in [0.717, 1.165) is 32.1 Å². The quantitative estimate of drug-likeness (QED) is 0.772. The van der Waals surface area contributed by atoms with E-state index in [1.54, 1.807) is 0 Å². The van der Waals surface area contributed by atoms with E-state index in [1.807, 2.05) is 0 Å². The third kappa shape index (κ3) is 5.12. The standard InChI is InChI=1S/C12H22F3NO2/c13-12(14,15)9-16(6-7-17)8-11(10-18)4-2-1-3-5-11/h17-18H,1-10H2. The summed E-state index contributed by atoms with van der Waals surface area (Å²) in [5.41, 5.74) is -0.418. The maximum absolute atomic E-state index is 12.4. The smallest absolute Gasteiger partial charge is 0.396 e. The molecule has 0 atom stereocenters. The van der Waals surface area contributed by atoms with Gasteiger partial charge < -0.3 is 10.2 Å². The first-order valence-corrected chi connectivity index (χ1v) is 6.42. The Morgan fingerprint density at radius 3 is 2.11 bits per heavy atom. The van der Waals surface area contributed by atoms with Gasteiger partial charge in [-0.2, -0.15) is 13.2 Å². The largest absolute Gasteiger partial charge is 0.401 e. The molecule has 0 amide bonds. The van der Waals surface area contributed by atoms with Crippen LogP contribution >= 0.6 is 0 Å².